The first kappa shape index (κ1) is 27.5. The van der Waals surface area contributed by atoms with Crippen molar-refractivity contribution < 1.29 is 23.5 Å². The van der Waals surface area contributed by atoms with Crippen LogP contribution in [0.25, 0.3) is 0 Å². The molecule has 8 heteroatoms. The number of benzene rings is 2. The summed E-state index contributed by atoms with van der Waals surface area (Å²) in [5, 5.41) is 8.41. The molecule has 2 aromatic carbocycles. The minimum Gasteiger partial charge on any atom is -0.481 e. The highest BCUT2D eigenvalue weighted by atomic mass is 79.9. The molecule has 1 aliphatic carbocycles. The van der Waals surface area contributed by atoms with Gasteiger partial charge in [-0.1, -0.05) is 39.3 Å². The molecule has 0 bridgehead atoms. The van der Waals surface area contributed by atoms with Crippen LogP contribution in [0.3, 0.4) is 0 Å². The van der Waals surface area contributed by atoms with Crippen LogP contribution in [0, 0.1) is 11.6 Å². The van der Waals surface area contributed by atoms with E-state index in [1.54, 1.807) is 18.2 Å². The summed E-state index contributed by atoms with van der Waals surface area (Å²) in [7, 11) is 0. The second-order valence-corrected chi connectivity index (χ2v) is 7.91. The number of rotatable bonds is 4. The number of Topliss-reactive ketones (excluding diaryl/α,β-unsaturated/α-hetero) is 1. The van der Waals surface area contributed by atoms with E-state index < -0.39 is 5.97 Å². The quantitative estimate of drug-likeness (QED) is 0.468. The Bertz CT molecular complexity index is 860. The van der Waals surface area contributed by atoms with Crippen molar-refractivity contribution in [3.63, 3.8) is 0 Å². The van der Waals surface area contributed by atoms with E-state index in [1.807, 2.05) is 0 Å². The number of aliphatic carboxylic acids is 1. The van der Waals surface area contributed by atoms with E-state index in [0.29, 0.717) is 46.8 Å². The lowest BCUT2D eigenvalue weighted by Gasteiger charge is -2.16. The van der Waals surface area contributed by atoms with Crippen molar-refractivity contribution in [2.24, 2.45) is 0 Å². The van der Waals surface area contributed by atoms with E-state index in [2.05, 4.69) is 31.9 Å². The second-order valence-electron chi connectivity index (χ2n) is 6.14. The van der Waals surface area contributed by atoms with Crippen molar-refractivity contribution in [1.29, 1.82) is 0 Å². The molecule has 0 unspecified atom stereocenters. The predicted octanol–water partition coefficient (Wildman–Crippen LogP) is 6.36. The monoisotopic (exact) mass is 529 g/mol. The fourth-order valence-corrected chi connectivity index (χ4v) is 3.86. The van der Waals surface area contributed by atoms with Gasteiger partial charge >= 0.3 is 5.97 Å². The van der Waals surface area contributed by atoms with Gasteiger partial charge in [-0.25, -0.2) is 8.78 Å². The van der Waals surface area contributed by atoms with Crippen molar-refractivity contribution in [3.05, 3.63) is 67.6 Å². The molecule has 0 heterocycles. The average Bonchev–Trinajstić information content (AvgIpc) is 2.61. The third kappa shape index (κ3) is 8.01. The lowest BCUT2D eigenvalue weighted by molar-refractivity contribution is -0.137. The molecule has 2 aromatic rings. The van der Waals surface area contributed by atoms with E-state index in [-0.39, 0.29) is 39.7 Å². The van der Waals surface area contributed by atoms with Crippen LogP contribution in [-0.2, 0) is 17.6 Å². The van der Waals surface area contributed by atoms with Crippen molar-refractivity contribution in [2.75, 3.05) is 0 Å². The van der Waals surface area contributed by atoms with E-state index in [9.17, 15) is 18.4 Å². The van der Waals surface area contributed by atoms with Crippen LogP contribution in [0.2, 0.25) is 0 Å². The summed E-state index contributed by atoms with van der Waals surface area (Å²) in [6.07, 6.45) is 2.97. The van der Waals surface area contributed by atoms with Gasteiger partial charge in [-0.2, -0.15) is 0 Å². The van der Waals surface area contributed by atoms with Crippen LogP contribution in [0.1, 0.15) is 54.6 Å². The van der Waals surface area contributed by atoms with Gasteiger partial charge in [0.15, 0.2) is 5.78 Å². The molecule has 0 atom stereocenters. The number of carboxylic acid groups (broad SMARTS) is 1. The number of ketones is 1. The molecule has 0 saturated carbocycles. The van der Waals surface area contributed by atoms with E-state index in [4.69, 9.17) is 5.11 Å². The number of halogens is 4. The molecule has 0 fully saturated rings. The van der Waals surface area contributed by atoms with Gasteiger partial charge in [0.2, 0.25) is 0 Å². The zero-order valence-electron chi connectivity index (χ0n) is 15.0. The summed E-state index contributed by atoms with van der Waals surface area (Å²) in [5.74, 6) is -1.34. The van der Waals surface area contributed by atoms with Crippen molar-refractivity contribution in [2.45, 2.75) is 46.0 Å². The Morgan fingerprint density at radius 2 is 1.72 bits per heavy atom. The summed E-state index contributed by atoms with van der Waals surface area (Å²) < 4.78 is 27.9. The number of hydrogen-bond donors (Lipinski definition) is 1. The molecule has 3 radical (unpaired) electrons. The first-order chi connectivity index (χ1) is 12.8. The standard InChI is InChI=1S/C10H10BrFO2.C10H8BrFO.CH4.B/c11-8-4-5-9(12)7(6-8)2-1-3-10(13)14;11-7-4-5-8(12)6-2-1-3-9(13)10(6)7;;/h4-6H,1-3H2,(H,13,14);4-5H,1-3H2;1H4;. The van der Waals surface area contributed by atoms with Crippen LogP contribution in [0.15, 0.2) is 39.3 Å². The summed E-state index contributed by atoms with van der Waals surface area (Å²) >= 11 is 6.50. The van der Waals surface area contributed by atoms with Crippen LogP contribution in [0.4, 0.5) is 8.78 Å². The molecular weight excluding hydrogens is 509 g/mol. The molecule has 0 amide bonds. The number of fused-ring (bicyclic) bond motifs is 1. The normalized spacial score (nSPS) is 11.9. The Labute approximate surface area is 188 Å². The smallest absolute Gasteiger partial charge is 0.303 e. The fraction of sp³-hybridized carbons (Fsp3) is 0.333. The van der Waals surface area contributed by atoms with Crippen LogP contribution >= 0.6 is 31.9 Å². The van der Waals surface area contributed by atoms with Gasteiger partial charge in [0.05, 0.1) is 0 Å². The summed E-state index contributed by atoms with van der Waals surface area (Å²) in [4.78, 5) is 21.7. The van der Waals surface area contributed by atoms with Gasteiger partial charge in [-0.15, -0.1) is 0 Å². The molecular formula is C21H22BBr2F2O3. The summed E-state index contributed by atoms with van der Waals surface area (Å²) in [6, 6.07) is 7.67. The molecule has 3 rings (SSSR count). The van der Waals surface area contributed by atoms with Gasteiger partial charge in [0.25, 0.3) is 0 Å². The van der Waals surface area contributed by atoms with Gasteiger partial charge in [-0.3, -0.25) is 9.59 Å². The Balaban J connectivity index is 0.000000506. The summed E-state index contributed by atoms with van der Waals surface area (Å²) in [6.45, 7) is 0. The minimum absolute atomic E-state index is 0. The Morgan fingerprint density at radius 3 is 2.34 bits per heavy atom. The zero-order chi connectivity index (χ0) is 20.0. The highest BCUT2D eigenvalue weighted by Crippen LogP contribution is 2.29. The first-order valence-corrected chi connectivity index (χ1v) is 10.0. The van der Waals surface area contributed by atoms with Crippen molar-refractivity contribution >= 4 is 52.0 Å². The summed E-state index contributed by atoms with van der Waals surface area (Å²) in [5.41, 5.74) is 1.68. The Hall–Kier alpha value is -1.54. The molecule has 29 heavy (non-hydrogen) atoms. The molecule has 155 valence electrons. The molecule has 1 N–H and O–H groups in total. The lowest BCUT2D eigenvalue weighted by Crippen LogP contribution is -2.13. The maximum atomic E-state index is 13.3. The van der Waals surface area contributed by atoms with E-state index in [0.717, 1.165) is 10.9 Å². The minimum atomic E-state index is -0.847. The number of carboxylic acids is 1. The van der Waals surface area contributed by atoms with E-state index in [1.165, 1.54) is 12.1 Å². The van der Waals surface area contributed by atoms with Gasteiger partial charge in [-0.05, 0) is 67.1 Å². The molecule has 1 aliphatic rings. The highest BCUT2D eigenvalue weighted by Gasteiger charge is 2.22. The van der Waals surface area contributed by atoms with Crippen LogP contribution in [0.5, 0.6) is 0 Å². The third-order valence-electron chi connectivity index (χ3n) is 4.16. The molecule has 0 aliphatic heterocycles. The third-order valence-corrected chi connectivity index (χ3v) is 5.31. The molecule has 0 saturated heterocycles. The van der Waals surface area contributed by atoms with Crippen molar-refractivity contribution in [1.82, 2.24) is 0 Å². The van der Waals surface area contributed by atoms with Crippen LogP contribution < -0.4 is 0 Å². The van der Waals surface area contributed by atoms with Gasteiger partial charge < -0.3 is 5.11 Å². The van der Waals surface area contributed by atoms with Crippen molar-refractivity contribution in [3.8, 4) is 0 Å². The maximum absolute atomic E-state index is 13.3. The predicted molar refractivity (Wildman–Crippen MR) is 119 cm³/mol. The zero-order valence-corrected chi connectivity index (χ0v) is 18.2. The second kappa shape index (κ2) is 12.9. The maximum Gasteiger partial charge on any atom is 0.303 e. The first-order valence-electron chi connectivity index (χ1n) is 8.45. The fourth-order valence-electron chi connectivity index (χ4n) is 2.86. The number of carbonyl (C=O) groups is 2. The topological polar surface area (TPSA) is 54.4 Å². The molecule has 0 spiro atoms. The van der Waals surface area contributed by atoms with E-state index >= 15 is 0 Å². The number of carbonyl (C=O) groups excluding carboxylic acids is 1. The highest BCUT2D eigenvalue weighted by molar-refractivity contribution is 9.10. The van der Waals surface area contributed by atoms with Crippen LogP contribution in [-0.4, -0.2) is 25.3 Å². The average molecular weight is 531 g/mol. The van der Waals surface area contributed by atoms with Gasteiger partial charge in [0, 0.05) is 35.8 Å². The molecule has 3 nitrogen and oxygen atoms in total. The Morgan fingerprint density at radius 1 is 1.07 bits per heavy atom. The lowest BCUT2D eigenvalue weighted by atomic mass is 9.90. The van der Waals surface area contributed by atoms with Gasteiger partial charge in [0.1, 0.15) is 11.6 Å². The molecule has 0 aromatic heterocycles. The Kier molecular flexibility index (Phi) is 12.2. The largest absolute Gasteiger partial charge is 0.481 e. The number of aryl methyl sites for hydroxylation is 1. The SMILES string of the molecule is C.O=C(O)CCCc1cc(Br)ccc1F.O=C1CCCc2c(F)ccc(Br)c21.[B]. The number of hydrogen-bond acceptors (Lipinski definition) is 2.